The van der Waals surface area contributed by atoms with Crippen LogP contribution in [-0.2, 0) is 6.54 Å². The SMILES string of the molecule is CCn1nc(C)cc1C(=O)N1CCN(c2nc3c(C)cccc3s2)CC1. The van der Waals surface area contributed by atoms with E-state index in [0.29, 0.717) is 25.3 Å². The Bertz CT molecular complexity index is 952. The molecule has 0 aliphatic carbocycles. The van der Waals surface area contributed by atoms with Crippen LogP contribution < -0.4 is 4.90 Å². The maximum Gasteiger partial charge on any atom is 0.272 e. The number of aryl methyl sites for hydroxylation is 3. The standard InChI is InChI=1S/C19H23N5OS/c1-4-24-15(12-14(3)21-24)18(25)22-8-10-23(11-9-22)19-20-17-13(2)6-5-7-16(17)26-19/h5-7,12H,4,8-11H2,1-3H3. The number of hydrogen-bond donors (Lipinski definition) is 0. The number of nitrogens with zero attached hydrogens (tertiary/aromatic N) is 5. The van der Waals surface area contributed by atoms with E-state index in [9.17, 15) is 4.79 Å². The van der Waals surface area contributed by atoms with Crippen molar-refractivity contribution in [1.29, 1.82) is 0 Å². The summed E-state index contributed by atoms with van der Waals surface area (Å²) in [5.41, 5.74) is 3.88. The summed E-state index contributed by atoms with van der Waals surface area (Å²) in [7, 11) is 0. The molecule has 136 valence electrons. The van der Waals surface area contributed by atoms with Gasteiger partial charge < -0.3 is 9.80 Å². The topological polar surface area (TPSA) is 54.3 Å². The van der Waals surface area contributed by atoms with E-state index in [1.807, 2.05) is 24.8 Å². The fraction of sp³-hybridized carbons (Fsp3) is 0.421. The van der Waals surface area contributed by atoms with Gasteiger partial charge in [-0.2, -0.15) is 5.10 Å². The Morgan fingerprint density at radius 3 is 2.65 bits per heavy atom. The number of carbonyl (C=O) groups excluding carboxylic acids is 1. The van der Waals surface area contributed by atoms with Crippen LogP contribution >= 0.6 is 11.3 Å². The lowest BCUT2D eigenvalue weighted by molar-refractivity contribution is 0.0734. The number of benzene rings is 1. The van der Waals surface area contributed by atoms with E-state index in [1.54, 1.807) is 16.0 Å². The number of carbonyl (C=O) groups is 1. The molecule has 0 radical (unpaired) electrons. The molecule has 6 nitrogen and oxygen atoms in total. The molecule has 1 saturated heterocycles. The third kappa shape index (κ3) is 2.96. The third-order valence-electron chi connectivity index (χ3n) is 4.87. The first-order valence-corrected chi connectivity index (χ1v) is 9.83. The molecule has 1 amide bonds. The quantitative estimate of drug-likeness (QED) is 0.712. The smallest absolute Gasteiger partial charge is 0.272 e. The second kappa shape index (κ2) is 6.72. The van der Waals surface area contributed by atoms with Crippen molar-refractivity contribution >= 4 is 32.6 Å². The van der Waals surface area contributed by atoms with Gasteiger partial charge in [-0.05, 0) is 38.5 Å². The van der Waals surface area contributed by atoms with Crippen LogP contribution in [0.2, 0.25) is 0 Å². The Hall–Kier alpha value is -2.41. The zero-order valence-corrected chi connectivity index (χ0v) is 16.2. The van der Waals surface area contributed by atoms with Crippen LogP contribution in [-0.4, -0.2) is 51.8 Å². The summed E-state index contributed by atoms with van der Waals surface area (Å²) >= 11 is 1.73. The molecular formula is C19H23N5OS. The summed E-state index contributed by atoms with van der Waals surface area (Å²) in [6.07, 6.45) is 0. The van der Waals surface area contributed by atoms with Crippen LogP contribution in [0.1, 0.15) is 28.7 Å². The fourth-order valence-corrected chi connectivity index (χ4v) is 4.53. The molecule has 2 aromatic heterocycles. The monoisotopic (exact) mass is 369 g/mol. The molecule has 1 fully saturated rings. The van der Waals surface area contributed by atoms with Crippen LogP contribution in [0, 0.1) is 13.8 Å². The molecule has 3 aromatic rings. The minimum Gasteiger partial charge on any atom is -0.345 e. The lowest BCUT2D eigenvalue weighted by atomic mass is 10.2. The molecule has 1 aromatic carbocycles. The van der Waals surface area contributed by atoms with Gasteiger partial charge in [-0.1, -0.05) is 23.5 Å². The fourth-order valence-electron chi connectivity index (χ4n) is 3.43. The first-order chi connectivity index (χ1) is 12.6. The third-order valence-corrected chi connectivity index (χ3v) is 5.95. The summed E-state index contributed by atoms with van der Waals surface area (Å²) in [6.45, 7) is 9.78. The molecule has 0 atom stereocenters. The second-order valence-corrected chi connectivity index (χ2v) is 7.69. The van der Waals surface area contributed by atoms with Gasteiger partial charge in [-0.25, -0.2) is 4.98 Å². The van der Waals surface area contributed by atoms with Crippen molar-refractivity contribution in [2.24, 2.45) is 0 Å². The van der Waals surface area contributed by atoms with Gasteiger partial charge in [-0.3, -0.25) is 9.48 Å². The Labute approximate surface area is 157 Å². The van der Waals surface area contributed by atoms with E-state index >= 15 is 0 Å². The number of thiazole rings is 1. The summed E-state index contributed by atoms with van der Waals surface area (Å²) in [6, 6.07) is 8.18. The van der Waals surface area contributed by atoms with Gasteiger partial charge in [0.2, 0.25) is 0 Å². The normalized spacial score (nSPS) is 15.0. The van der Waals surface area contributed by atoms with Crippen LogP contribution in [0.25, 0.3) is 10.2 Å². The number of anilines is 1. The van der Waals surface area contributed by atoms with Crippen LogP contribution in [0.4, 0.5) is 5.13 Å². The molecule has 1 aliphatic heterocycles. The zero-order valence-electron chi connectivity index (χ0n) is 15.4. The van der Waals surface area contributed by atoms with Crippen LogP contribution in [0.3, 0.4) is 0 Å². The Morgan fingerprint density at radius 2 is 1.96 bits per heavy atom. The van der Waals surface area contributed by atoms with Crippen molar-refractivity contribution in [3.63, 3.8) is 0 Å². The number of hydrogen-bond acceptors (Lipinski definition) is 5. The maximum absolute atomic E-state index is 12.9. The van der Waals surface area contributed by atoms with Gasteiger partial charge in [-0.15, -0.1) is 0 Å². The zero-order chi connectivity index (χ0) is 18.3. The molecule has 0 bridgehead atoms. The molecule has 0 unspecified atom stereocenters. The predicted molar refractivity (Wildman–Crippen MR) is 105 cm³/mol. The number of piperazine rings is 1. The number of para-hydroxylation sites is 1. The van der Waals surface area contributed by atoms with Gasteiger partial charge in [0, 0.05) is 32.7 Å². The Balaban J connectivity index is 1.48. The lowest BCUT2D eigenvalue weighted by Gasteiger charge is -2.34. The highest BCUT2D eigenvalue weighted by Crippen LogP contribution is 2.31. The first-order valence-electron chi connectivity index (χ1n) is 9.01. The molecule has 26 heavy (non-hydrogen) atoms. The summed E-state index contributed by atoms with van der Waals surface area (Å²) in [5, 5.41) is 5.44. The maximum atomic E-state index is 12.9. The summed E-state index contributed by atoms with van der Waals surface area (Å²) < 4.78 is 3.02. The van der Waals surface area contributed by atoms with Crippen molar-refractivity contribution < 1.29 is 4.79 Å². The minimum atomic E-state index is 0.0762. The highest BCUT2D eigenvalue weighted by atomic mass is 32.1. The molecule has 1 aliphatic rings. The average molecular weight is 369 g/mol. The van der Waals surface area contributed by atoms with Crippen molar-refractivity contribution in [1.82, 2.24) is 19.7 Å². The van der Waals surface area contributed by atoms with E-state index in [2.05, 4.69) is 35.1 Å². The van der Waals surface area contributed by atoms with Crippen LogP contribution in [0.15, 0.2) is 24.3 Å². The molecule has 0 saturated carbocycles. The minimum absolute atomic E-state index is 0.0762. The van der Waals surface area contributed by atoms with E-state index in [1.165, 1.54) is 10.3 Å². The summed E-state index contributed by atoms with van der Waals surface area (Å²) in [5.74, 6) is 0.0762. The van der Waals surface area contributed by atoms with E-state index in [4.69, 9.17) is 4.98 Å². The van der Waals surface area contributed by atoms with Crippen LogP contribution in [0.5, 0.6) is 0 Å². The largest absolute Gasteiger partial charge is 0.345 e. The van der Waals surface area contributed by atoms with Gasteiger partial charge in [0.05, 0.1) is 15.9 Å². The second-order valence-electron chi connectivity index (χ2n) is 6.68. The predicted octanol–water partition coefficient (Wildman–Crippen LogP) is 3.09. The first kappa shape index (κ1) is 17.0. The molecule has 0 spiro atoms. The number of amides is 1. The van der Waals surface area contributed by atoms with Crippen molar-refractivity contribution in [2.45, 2.75) is 27.3 Å². The lowest BCUT2D eigenvalue weighted by Crippen LogP contribution is -2.49. The Kier molecular flexibility index (Phi) is 4.40. The van der Waals surface area contributed by atoms with Gasteiger partial charge >= 0.3 is 0 Å². The molecule has 7 heteroatoms. The van der Waals surface area contributed by atoms with Gasteiger partial charge in [0.1, 0.15) is 5.69 Å². The van der Waals surface area contributed by atoms with Crippen molar-refractivity contribution in [3.05, 3.63) is 41.2 Å². The van der Waals surface area contributed by atoms with Gasteiger partial charge in [0.15, 0.2) is 5.13 Å². The van der Waals surface area contributed by atoms with E-state index in [-0.39, 0.29) is 5.91 Å². The summed E-state index contributed by atoms with van der Waals surface area (Å²) in [4.78, 5) is 21.9. The van der Waals surface area contributed by atoms with Crippen molar-refractivity contribution in [2.75, 3.05) is 31.1 Å². The average Bonchev–Trinajstić information content (AvgIpc) is 3.25. The van der Waals surface area contributed by atoms with Gasteiger partial charge in [0.25, 0.3) is 5.91 Å². The number of aromatic nitrogens is 3. The number of rotatable bonds is 3. The van der Waals surface area contributed by atoms with E-state index in [0.717, 1.165) is 29.4 Å². The van der Waals surface area contributed by atoms with E-state index < -0.39 is 0 Å². The molecule has 4 rings (SSSR count). The Morgan fingerprint density at radius 1 is 1.19 bits per heavy atom. The number of fused-ring (bicyclic) bond motifs is 1. The van der Waals surface area contributed by atoms with Crippen molar-refractivity contribution in [3.8, 4) is 0 Å². The molecule has 3 heterocycles. The molecule has 0 N–H and O–H groups in total. The highest BCUT2D eigenvalue weighted by Gasteiger charge is 2.26. The molecular weight excluding hydrogens is 346 g/mol. The highest BCUT2D eigenvalue weighted by molar-refractivity contribution is 7.22.